The van der Waals surface area contributed by atoms with Gasteiger partial charge in [0.25, 0.3) is 0 Å². The van der Waals surface area contributed by atoms with Gasteiger partial charge in [-0.2, -0.15) is 20.0 Å². The van der Waals surface area contributed by atoms with Gasteiger partial charge in [-0.3, -0.25) is 14.9 Å². The zero-order valence-corrected chi connectivity index (χ0v) is 98.4. The van der Waals surface area contributed by atoms with Crippen LogP contribution < -0.4 is 24.5 Å². The van der Waals surface area contributed by atoms with E-state index in [-0.39, 0.29) is 289 Å². The molecule has 18 rings (SSSR count). The van der Waals surface area contributed by atoms with Crippen molar-refractivity contribution in [2.75, 3.05) is 86.0 Å². The number of benzene rings is 11. The number of rotatable bonds is 21. The van der Waals surface area contributed by atoms with Gasteiger partial charge < -0.3 is 148 Å². The second-order valence-corrected chi connectivity index (χ2v) is 30.5. The molecule has 0 aliphatic carbocycles. The van der Waals surface area contributed by atoms with Crippen molar-refractivity contribution >= 4 is 34.1 Å². The number of fused-ring (bicyclic) bond motifs is 1. The molecule has 5 aliphatic rings. The third-order valence-corrected chi connectivity index (χ3v) is 20.3. The zero-order valence-electron chi connectivity index (χ0n) is 82.8. The van der Waals surface area contributed by atoms with Gasteiger partial charge in [0.2, 0.25) is 0 Å². The van der Waals surface area contributed by atoms with E-state index >= 15 is 0 Å². The number of aliphatic hydroxyl groups excluding tert-OH is 4. The monoisotopic (exact) mass is 2320 g/mol. The van der Waals surface area contributed by atoms with Crippen LogP contribution in [0.5, 0.6) is 57.5 Å². The summed E-state index contributed by atoms with van der Waals surface area (Å²) < 4.78 is 0. The van der Waals surface area contributed by atoms with Gasteiger partial charge in [0.1, 0.15) is 57.5 Å². The van der Waals surface area contributed by atoms with E-state index in [2.05, 4.69) is 16.0 Å². The first-order chi connectivity index (χ1) is 64.5. The van der Waals surface area contributed by atoms with Gasteiger partial charge in [0.15, 0.2) is 0 Å². The van der Waals surface area contributed by atoms with Crippen LogP contribution in [0, 0.1) is 55.6 Å². The number of phenolic OH excluding ortho intramolecular Hbond substituents is 10. The minimum atomic E-state index is -0.0756. The summed E-state index contributed by atoms with van der Waals surface area (Å²) in [6.07, 6.45) is 17.0. The van der Waals surface area contributed by atoms with Crippen LogP contribution in [-0.2, 0) is 263 Å². The van der Waals surface area contributed by atoms with E-state index in [0.717, 1.165) is 61.8 Å². The Kier molecular flexibility index (Phi) is 76.7. The number of likely N-dealkylation sites (N-methyl/N-ethyl adjacent to an activating group) is 1. The normalized spacial score (nSPS) is 11.7. The molecule has 0 atom stereocenters. The number of para-hydroxylation sites is 16. The van der Waals surface area contributed by atoms with Crippen LogP contribution in [0.15, 0.2) is 359 Å². The van der Waals surface area contributed by atoms with E-state index in [1.165, 1.54) is 0 Å². The summed E-state index contributed by atoms with van der Waals surface area (Å²) in [7, 11) is 9.72. The van der Waals surface area contributed by atoms with Crippen LogP contribution in [0.1, 0.15) is 39.2 Å². The van der Waals surface area contributed by atoms with E-state index in [4.69, 9.17) is 20.4 Å². The third-order valence-electron chi connectivity index (χ3n) is 20.3. The molecular formula is C108H124N14O14Ti10-5. The standard InChI is InChI=1S/C17H17N2O2.C15H13N2O2.C15H17NO2.C14H13N2O.C11H13N2O.C11H9NO.C10H11N2O.C7H9NO2.C5H13NO2.3CH3.10Ti/c20-16-7-3-1-5-14(16)11-18-9-10-19(13-18)12-15-6-2-4-8-17(15)21;18-14-7-3-1-5-12(14)16-9-10-17(11-16)13-6-2-4-8-15(13)19;1-16(10-12-6-2-4-8-14(12)17)11-13-7-3-5-9-15(13)18;1-15-10-16(12-7-3-2-6-11(12)15)13-8-4-5-9-14(13)17;1-12-6-7-13(9-12)8-10-4-2-3-5-11(10)14;13-11-7-2-1-5-9(11)10-6-3-4-8-12-10;1-11-6-7-12(8-11)9-4-2-3-5-10(9)13;9-4-6-2-1-3-7(5-10)8-6;1-6(2-4-7)3-5-8;;;;;;;;;;;;;/h1-10,13,20-21H,11-12H2;1-11,18-19H;2-9,17-18H,10-11H2,1H3;2-10,17H,1H3;2-7,9,14H,8H2,1H3;1-8,13H;2-8,13H,1H3;1-3,9-10H,4-5H2;7-8H,2-5H2,1H3;3*1H3;;;;;;;;;;/q2*-1;;2*-1;;-1;;;3*-1;;;;;;;;;;+3. The molecule has 13 aromatic rings. The van der Waals surface area contributed by atoms with Crippen molar-refractivity contribution in [2.24, 2.45) is 0 Å². The number of hydrogen-bond donors (Lipinski definition) is 14. The van der Waals surface area contributed by atoms with Crippen LogP contribution in [0.25, 0.3) is 11.3 Å². The predicted molar refractivity (Wildman–Crippen MR) is 541 cm³/mol. The molecule has 0 saturated heterocycles. The van der Waals surface area contributed by atoms with Gasteiger partial charge in [-0.1, -0.05) is 176 Å². The van der Waals surface area contributed by atoms with E-state index in [9.17, 15) is 51.1 Å². The minimum Gasteiger partial charge on any atom is -0.511 e. The summed E-state index contributed by atoms with van der Waals surface area (Å²) in [6.45, 7) is 14.3. The molecular weight excluding hydrogens is 2200 g/mol. The molecule has 0 bridgehead atoms. The SMILES string of the molecule is CN(CCO)CCO.CN(Cc1ccccc1O)Cc1ccccc1O.CN1C=CN(Cc2ccccc2O)[CH-]1.CN1C=CN(c2ccccc2O)[CH-]1.CN1[CH-]N(c2ccccc2O)c2ccccc21.OCc1cccc(CO)n1.Oc1ccccc1-c1ccccn1.Oc1ccccc1CN1C=CN(Cc2ccccc2O)[CH-]1.Oc1ccccc1N1C=CN(c2ccccc2O)[CH-]1.[CH3-].[CH3-].[CH3-].[Ti+3].[Ti].[Ti].[Ti].[Ti].[Ti].[Ti].[Ti].[Ti].[Ti]. The summed E-state index contributed by atoms with van der Waals surface area (Å²) in [4.78, 5) is 31.4. The first kappa shape index (κ1) is 144. The van der Waals surface area contributed by atoms with Crippen molar-refractivity contribution in [1.29, 1.82) is 0 Å². The summed E-state index contributed by atoms with van der Waals surface area (Å²) in [5.74, 6) is 2.84. The second-order valence-electron chi connectivity index (χ2n) is 30.5. The molecule has 146 heavy (non-hydrogen) atoms. The van der Waals surface area contributed by atoms with Crippen molar-refractivity contribution < 1.29 is 289 Å². The Hall–Kier alpha value is -8.42. The van der Waals surface area contributed by atoms with E-state index in [1.807, 2.05) is 361 Å². The fourth-order valence-corrected chi connectivity index (χ4v) is 13.4. The van der Waals surface area contributed by atoms with Gasteiger partial charge in [-0.25, -0.2) is 0 Å². The van der Waals surface area contributed by atoms with Crippen LogP contribution in [-0.4, -0.2) is 177 Å². The maximum Gasteiger partial charge on any atom is 3.00 e. The smallest absolute Gasteiger partial charge is 0.511 e. The molecule has 0 saturated carbocycles. The fraction of sp³-hybridized carbons (Fsp3) is 0.148. The second kappa shape index (κ2) is 77.9. The van der Waals surface area contributed by atoms with Crippen molar-refractivity contribution in [2.45, 2.75) is 45.9 Å². The van der Waals surface area contributed by atoms with Gasteiger partial charge in [-0.05, 0) is 212 Å². The molecule has 38 heteroatoms. The Balaban J connectivity index is -0.000000776. The summed E-state index contributed by atoms with van der Waals surface area (Å²) >= 11 is 0. The van der Waals surface area contributed by atoms with Gasteiger partial charge in [0.05, 0.1) is 66.3 Å². The number of hydrogen-bond acceptors (Lipinski definition) is 28. The van der Waals surface area contributed by atoms with E-state index in [1.54, 1.807) is 120 Å². The molecule has 7 heterocycles. The Morgan fingerprint density at radius 2 is 0.575 bits per heavy atom. The van der Waals surface area contributed by atoms with Gasteiger partial charge >= 0.3 is 21.7 Å². The Morgan fingerprint density at radius 1 is 0.274 bits per heavy atom. The summed E-state index contributed by atoms with van der Waals surface area (Å²) in [5.41, 5.74) is 12.4. The first-order valence-corrected chi connectivity index (χ1v) is 42.6. The van der Waals surface area contributed by atoms with Crippen molar-refractivity contribution in [3.63, 3.8) is 0 Å². The zero-order chi connectivity index (χ0) is 94.8. The number of phenols is 10. The Morgan fingerprint density at radius 3 is 0.911 bits per heavy atom. The third kappa shape index (κ3) is 47.0. The topological polar surface area (TPSA) is 348 Å². The summed E-state index contributed by atoms with van der Waals surface area (Å²) in [6, 6.07) is 91.5. The number of aliphatic hydroxyl groups is 4. The number of nitrogens with zero attached hydrogens (tertiary/aromatic N) is 14. The summed E-state index contributed by atoms with van der Waals surface area (Å²) in [5, 5.41) is 131. The van der Waals surface area contributed by atoms with Crippen molar-refractivity contribution in [3.8, 4) is 68.8 Å². The number of pyridine rings is 2. The average Bonchev–Trinajstić information content (AvgIpc) is 1.66. The molecule has 0 fully saturated rings. The van der Waals surface area contributed by atoms with Crippen molar-refractivity contribution in [1.82, 2.24) is 44.3 Å². The fourth-order valence-electron chi connectivity index (χ4n) is 13.4. The maximum atomic E-state index is 9.90. The quantitative estimate of drug-likeness (QED) is 0.0235. The molecule has 28 nitrogen and oxygen atoms in total. The van der Waals surface area contributed by atoms with E-state index in [0.29, 0.717) is 103 Å². The number of aromatic hydroxyl groups is 10. The first-order valence-electron chi connectivity index (χ1n) is 42.6. The maximum absolute atomic E-state index is 9.90. The molecule has 755 valence electrons. The van der Waals surface area contributed by atoms with Crippen molar-refractivity contribution in [3.05, 3.63) is 454 Å². The Bertz CT molecular complexity index is 5710. The molecule has 2 aromatic heterocycles. The number of aromatic nitrogens is 2. The molecule has 11 aromatic carbocycles. The van der Waals surface area contributed by atoms with Crippen LogP contribution in [0.3, 0.4) is 0 Å². The molecule has 0 unspecified atom stereocenters. The minimum absolute atomic E-state index is 0. The number of anilines is 6. The van der Waals surface area contributed by atoms with E-state index < -0.39 is 0 Å². The van der Waals surface area contributed by atoms with Gasteiger partial charge in [-0.15, -0.1) is 13.3 Å². The Labute approximate surface area is 1010 Å². The molecule has 14 N–H and O–H groups in total. The predicted octanol–water partition coefficient (Wildman–Crippen LogP) is 18.1. The average molecular weight is 2320 g/mol. The molecule has 1 radical (unpaired) electrons. The van der Waals surface area contributed by atoms with Crippen LogP contribution >= 0.6 is 0 Å². The van der Waals surface area contributed by atoms with Gasteiger partial charge in [0, 0.05) is 292 Å². The largest absolute Gasteiger partial charge is 3.00 e. The molecule has 5 aliphatic heterocycles. The van der Waals surface area contributed by atoms with Crippen LogP contribution in [0.4, 0.5) is 34.1 Å². The van der Waals surface area contributed by atoms with Crippen LogP contribution in [0.2, 0.25) is 0 Å². The molecule has 0 amide bonds. The molecule has 0 spiro atoms.